The van der Waals surface area contributed by atoms with Crippen molar-refractivity contribution >= 4 is 21.6 Å². The molecule has 0 aromatic heterocycles. The highest BCUT2D eigenvalue weighted by molar-refractivity contribution is 7.89. The van der Waals surface area contributed by atoms with Crippen LogP contribution in [-0.2, 0) is 25.0 Å². The Balaban J connectivity index is 2.02. The minimum Gasteiger partial charge on any atom is -0.379 e. The number of hydrogen-bond donors (Lipinski definition) is 0. The van der Waals surface area contributed by atoms with Crippen LogP contribution in [0.15, 0.2) is 23.1 Å². The highest BCUT2D eigenvalue weighted by atomic mass is 32.2. The zero-order valence-electron chi connectivity index (χ0n) is 13.7. The van der Waals surface area contributed by atoms with Crippen LogP contribution >= 0.6 is 0 Å². The van der Waals surface area contributed by atoms with Crippen LogP contribution in [0.25, 0.3) is 0 Å². The van der Waals surface area contributed by atoms with Crippen molar-refractivity contribution in [1.29, 1.82) is 0 Å². The van der Waals surface area contributed by atoms with E-state index < -0.39 is 10.0 Å². The predicted octanol–water partition coefficient (Wildman–Crippen LogP) is 1.35. The number of sulfonamides is 1. The van der Waals surface area contributed by atoms with E-state index in [0.717, 1.165) is 11.3 Å². The van der Waals surface area contributed by atoms with Gasteiger partial charge in [0.05, 0.1) is 18.1 Å². The van der Waals surface area contributed by atoms with Crippen molar-refractivity contribution in [3.8, 4) is 0 Å². The lowest BCUT2D eigenvalue weighted by Gasteiger charge is -2.26. The molecule has 1 aromatic carbocycles. The zero-order chi connectivity index (χ0) is 16.8. The molecule has 0 radical (unpaired) electrons. The summed E-state index contributed by atoms with van der Waals surface area (Å²) in [6.45, 7) is 7.76. The second kappa shape index (κ2) is 5.58. The Morgan fingerprint density at radius 2 is 1.87 bits per heavy atom. The zero-order valence-corrected chi connectivity index (χ0v) is 14.5. The van der Waals surface area contributed by atoms with E-state index in [2.05, 4.69) is 0 Å². The Kier molecular flexibility index (Phi) is 3.98. The Morgan fingerprint density at radius 1 is 1.22 bits per heavy atom. The molecule has 0 spiro atoms. The maximum absolute atomic E-state index is 12.8. The lowest BCUT2D eigenvalue weighted by atomic mass is 9.87. The lowest BCUT2D eigenvalue weighted by Crippen LogP contribution is -2.40. The molecule has 23 heavy (non-hydrogen) atoms. The van der Waals surface area contributed by atoms with Crippen LogP contribution in [0.3, 0.4) is 0 Å². The van der Waals surface area contributed by atoms with Gasteiger partial charge in [-0.05, 0) is 23.8 Å². The summed E-state index contributed by atoms with van der Waals surface area (Å²) in [5.74, 6) is -0.0272. The van der Waals surface area contributed by atoms with Crippen LogP contribution < -0.4 is 4.90 Å². The average Bonchev–Trinajstić information content (AvgIpc) is 2.80. The van der Waals surface area contributed by atoms with Gasteiger partial charge < -0.3 is 9.64 Å². The summed E-state index contributed by atoms with van der Waals surface area (Å²) in [5, 5.41) is 0. The van der Waals surface area contributed by atoms with Crippen molar-refractivity contribution in [3.05, 3.63) is 23.8 Å². The normalized spacial score (nSPS) is 21.3. The van der Waals surface area contributed by atoms with E-state index in [1.54, 1.807) is 23.1 Å². The number of nitrogens with zero attached hydrogens (tertiary/aromatic N) is 2. The first-order valence-electron chi connectivity index (χ1n) is 7.74. The van der Waals surface area contributed by atoms with E-state index in [9.17, 15) is 13.2 Å². The topological polar surface area (TPSA) is 66.9 Å². The van der Waals surface area contributed by atoms with Crippen LogP contribution in [0, 0.1) is 0 Å². The number of benzene rings is 1. The third-order valence-electron chi connectivity index (χ3n) is 4.53. The lowest BCUT2D eigenvalue weighted by molar-refractivity contribution is -0.116. The maximum atomic E-state index is 12.8. The van der Waals surface area contributed by atoms with Gasteiger partial charge in [0.15, 0.2) is 0 Å². The molecule has 1 fully saturated rings. The van der Waals surface area contributed by atoms with Gasteiger partial charge in [0.25, 0.3) is 0 Å². The average molecular weight is 338 g/mol. The SMILES string of the molecule is CC(=O)N1CC(C)(C)c2cc(S(=O)(=O)N3CCOCC3)ccc21. The third-order valence-corrected chi connectivity index (χ3v) is 6.42. The standard InChI is InChI=1S/C16H22N2O4S/c1-12(19)18-11-16(2,3)14-10-13(4-5-15(14)18)23(20,21)17-6-8-22-9-7-17/h4-5,10H,6-9,11H2,1-3H3. The van der Waals surface area contributed by atoms with E-state index >= 15 is 0 Å². The van der Waals surface area contributed by atoms with Crippen LogP contribution in [0.4, 0.5) is 5.69 Å². The fourth-order valence-electron chi connectivity index (χ4n) is 3.24. The van der Waals surface area contributed by atoms with Crippen molar-refractivity contribution in [2.75, 3.05) is 37.7 Å². The molecule has 2 aliphatic rings. The van der Waals surface area contributed by atoms with E-state index in [1.807, 2.05) is 13.8 Å². The molecule has 0 aliphatic carbocycles. The Morgan fingerprint density at radius 3 is 2.48 bits per heavy atom. The number of fused-ring (bicyclic) bond motifs is 1. The molecule has 0 bridgehead atoms. The second-order valence-corrected chi connectivity index (χ2v) is 8.62. The molecule has 126 valence electrons. The highest BCUT2D eigenvalue weighted by Gasteiger charge is 2.38. The quantitative estimate of drug-likeness (QED) is 0.816. The first-order valence-corrected chi connectivity index (χ1v) is 9.18. The second-order valence-electron chi connectivity index (χ2n) is 6.68. The van der Waals surface area contributed by atoms with E-state index in [-0.39, 0.29) is 16.2 Å². The third kappa shape index (κ3) is 2.77. The monoisotopic (exact) mass is 338 g/mol. The molecular formula is C16H22N2O4S. The van der Waals surface area contributed by atoms with Gasteiger partial charge in [-0.25, -0.2) is 8.42 Å². The Bertz CT molecular complexity index is 736. The van der Waals surface area contributed by atoms with Gasteiger partial charge in [-0.15, -0.1) is 0 Å². The first-order chi connectivity index (χ1) is 10.7. The molecule has 1 aromatic rings. The van der Waals surface area contributed by atoms with Crippen molar-refractivity contribution in [3.63, 3.8) is 0 Å². The smallest absolute Gasteiger partial charge is 0.243 e. The van der Waals surface area contributed by atoms with E-state index in [1.165, 1.54) is 11.2 Å². The van der Waals surface area contributed by atoms with Crippen LogP contribution in [-0.4, -0.2) is 51.5 Å². The van der Waals surface area contributed by atoms with Gasteiger partial charge >= 0.3 is 0 Å². The number of ether oxygens (including phenoxy) is 1. The van der Waals surface area contributed by atoms with Crippen LogP contribution in [0.5, 0.6) is 0 Å². The number of rotatable bonds is 2. The summed E-state index contributed by atoms with van der Waals surface area (Å²) in [7, 11) is -3.52. The summed E-state index contributed by atoms with van der Waals surface area (Å²) < 4.78 is 32.3. The maximum Gasteiger partial charge on any atom is 0.243 e. The highest BCUT2D eigenvalue weighted by Crippen LogP contribution is 2.41. The number of carbonyl (C=O) groups is 1. The van der Waals surface area contributed by atoms with Gasteiger partial charge in [-0.2, -0.15) is 4.31 Å². The molecule has 0 N–H and O–H groups in total. The number of carbonyl (C=O) groups excluding carboxylic acids is 1. The number of anilines is 1. The molecule has 7 heteroatoms. The molecule has 0 atom stereocenters. The summed E-state index contributed by atoms with van der Waals surface area (Å²) in [6, 6.07) is 5.07. The van der Waals surface area contributed by atoms with E-state index in [0.29, 0.717) is 32.8 Å². The van der Waals surface area contributed by atoms with Crippen molar-refractivity contribution in [1.82, 2.24) is 4.31 Å². The molecule has 2 heterocycles. The fourth-order valence-corrected chi connectivity index (χ4v) is 4.67. The van der Waals surface area contributed by atoms with Crippen molar-refractivity contribution in [2.24, 2.45) is 0 Å². The summed E-state index contributed by atoms with van der Waals surface area (Å²) in [5.41, 5.74) is 1.45. The first kappa shape index (κ1) is 16.4. The summed E-state index contributed by atoms with van der Waals surface area (Å²) >= 11 is 0. The van der Waals surface area contributed by atoms with Gasteiger partial charge in [-0.3, -0.25) is 4.79 Å². The molecule has 6 nitrogen and oxygen atoms in total. The largest absolute Gasteiger partial charge is 0.379 e. The molecule has 0 unspecified atom stereocenters. The number of amides is 1. The van der Waals surface area contributed by atoms with Crippen LogP contribution in [0.2, 0.25) is 0 Å². The predicted molar refractivity (Wildman–Crippen MR) is 87.1 cm³/mol. The molecular weight excluding hydrogens is 316 g/mol. The van der Waals surface area contributed by atoms with E-state index in [4.69, 9.17) is 4.74 Å². The minimum atomic E-state index is -3.52. The Labute approximate surface area is 137 Å². The van der Waals surface area contributed by atoms with Gasteiger partial charge in [-0.1, -0.05) is 13.8 Å². The Hall–Kier alpha value is -1.44. The van der Waals surface area contributed by atoms with Crippen molar-refractivity contribution < 1.29 is 17.9 Å². The van der Waals surface area contributed by atoms with Crippen LogP contribution in [0.1, 0.15) is 26.3 Å². The minimum absolute atomic E-state index is 0.0272. The van der Waals surface area contributed by atoms with Crippen molar-refractivity contribution in [2.45, 2.75) is 31.1 Å². The fraction of sp³-hybridized carbons (Fsp3) is 0.562. The molecule has 2 aliphatic heterocycles. The molecule has 3 rings (SSSR count). The van der Waals surface area contributed by atoms with Gasteiger partial charge in [0, 0.05) is 37.7 Å². The molecule has 1 amide bonds. The molecule has 0 saturated carbocycles. The summed E-state index contributed by atoms with van der Waals surface area (Å²) in [6.07, 6.45) is 0. The van der Waals surface area contributed by atoms with Gasteiger partial charge in [0.1, 0.15) is 0 Å². The number of morpholine rings is 1. The number of hydrogen-bond acceptors (Lipinski definition) is 4. The van der Waals surface area contributed by atoms with Gasteiger partial charge in [0.2, 0.25) is 15.9 Å². The summed E-state index contributed by atoms with van der Waals surface area (Å²) in [4.78, 5) is 13.8. The molecule has 1 saturated heterocycles.